The van der Waals surface area contributed by atoms with Crippen molar-refractivity contribution in [2.24, 2.45) is 0 Å². The molecule has 1 N–H and O–H groups in total. The van der Waals surface area contributed by atoms with Crippen LogP contribution in [0.15, 0.2) is 54.6 Å². The summed E-state index contributed by atoms with van der Waals surface area (Å²) in [6, 6.07) is 16.7. The molecule has 1 aliphatic heterocycles. The standard InChI is InChI=1S/C20H22N2O4/c23-19(21-11-13-25-17-7-2-1-3-8-17)15-26-18-9-4-6-16(14-18)22-12-5-10-20(22)24/h1-4,6-9,14H,5,10-13,15H2,(H,21,23). The van der Waals surface area contributed by atoms with Gasteiger partial charge >= 0.3 is 0 Å². The zero-order valence-electron chi connectivity index (χ0n) is 14.5. The lowest BCUT2D eigenvalue weighted by atomic mass is 10.3. The molecule has 6 heteroatoms. The zero-order valence-corrected chi connectivity index (χ0v) is 14.5. The van der Waals surface area contributed by atoms with Crippen molar-refractivity contribution in [1.29, 1.82) is 0 Å². The van der Waals surface area contributed by atoms with Gasteiger partial charge in [-0.25, -0.2) is 0 Å². The maximum Gasteiger partial charge on any atom is 0.258 e. The van der Waals surface area contributed by atoms with Gasteiger partial charge in [0.2, 0.25) is 5.91 Å². The summed E-state index contributed by atoms with van der Waals surface area (Å²) in [6.45, 7) is 1.44. The lowest BCUT2D eigenvalue weighted by Crippen LogP contribution is -2.32. The van der Waals surface area contributed by atoms with E-state index in [0.29, 0.717) is 25.3 Å². The molecule has 1 fully saturated rings. The number of nitrogens with one attached hydrogen (secondary N) is 1. The molecule has 3 rings (SSSR count). The van der Waals surface area contributed by atoms with Crippen molar-refractivity contribution in [3.63, 3.8) is 0 Å². The van der Waals surface area contributed by atoms with Crippen LogP contribution in [0.1, 0.15) is 12.8 Å². The molecule has 0 radical (unpaired) electrons. The van der Waals surface area contributed by atoms with E-state index in [9.17, 15) is 9.59 Å². The highest BCUT2D eigenvalue weighted by atomic mass is 16.5. The van der Waals surface area contributed by atoms with Crippen LogP contribution in [-0.2, 0) is 9.59 Å². The lowest BCUT2D eigenvalue weighted by molar-refractivity contribution is -0.123. The number of carbonyl (C=O) groups is 2. The Labute approximate surface area is 152 Å². The van der Waals surface area contributed by atoms with Gasteiger partial charge in [0, 0.05) is 24.7 Å². The van der Waals surface area contributed by atoms with Gasteiger partial charge in [0.15, 0.2) is 6.61 Å². The summed E-state index contributed by atoms with van der Waals surface area (Å²) < 4.78 is 11.0. The number of amides is 2. The molecule has 6 nitrogen and oxygen atoms in total. The number of rotatable bonds is 8. The lowest BCUT2D eigenvalue weighted by Gasteiger charge is -2.16. The van der Waals surface area contributed by atoms with Gasteiger partial charge in [0.1, 0.15) is 18.1 Å². The summed E-state index contributed by atoms with van der Waals surface area (Å²) in [5.41, 5.74) is 0.807. The van der Waals surface area contributed by atoms with E-state index in [-0.39, 0.29) is 18.4 Å². The van der Waals surface area contributed by atoms with Gasteiger partial charge in [-0.2, -0.15) is 0 Å². The Morgan fingerprint density at radius 3 is 2.62 bits per heavy atom. The van der Waals surface area contributed by atoms with Crippen LogP contribution >= 0.6 is 0 Å². The number of anilines is 1. The molecule has 1 aliphatic rings. The van der Waals surface area contributed by atoms with E-state index in [0.717, 1.165) is 24.4 Å². The van der Waals surface area contributed by atoms with E-state index in [1.165, 1.54) is 0 Å². The van der Waals surface area contributed by atoms with Gasteiger partial charge in [-0.05, 0) is 30.7 Å². The maximum atomic E-state index is 11.9. The minimum atomic E-state index is -0.218. The first-order valence-electron chi connectivity index (χ1n) is 8.70. The smallest absolute Gasteiger partial charge is 0.258 e. The predicted octanol–water partition coefficient (Wildman–Crippen LogP) is 2.39. The molecule has 0 saturated carbocycles. The van der Waals surface area contributed by atoms with E-state index in [1.807, 2.05) is 42.5 Å². The fourth-order valence-electron chi connectivity index (χ4n) is 2.74. The Bertz CT molecular complexity index is 748. The number of nitrogens with zero attached hydrogens (tertiary/aromatic N) is 1. The normalized spacial score (nSPS) is 13.5. The van der Waals surface area contributed by atoms with Crippen LogP contribution in [0.25, 0.3) is 0 Å². The monoisotopic (exact) mass is 354 g/mol. The van der Waals surface area contributed by atoms with Crippen LogP contribution in [0, 0.1) is 0 Å². The van der Waals surface area contributed by atoms with E-state index in [1.54, 1.807) is 17.0 Å². The molecule has 0 unspecified atom stereocenters. The van der Waals surface area contributed by atoms with E-state index in [4.69, 9.17) is 9.47 Å². The number of para-hydroxylation sites is 1. The fraction of sp³-hybridized carbons (Fsp3) is 0.300. The number of ether oxygens (including phenoxy) is 2. The zero-order chi connectivity index (χ0) is 18.2. The van der Waals surface area contributed by atoms with Gasteiger partial charge in [0.25, 0.3) is 5.91 Å². The number of carbonyl (C=O) groups excluding carboxylic acids is 2. The maximum absolute atomic E-state index is 11.9. The molecule has 0 aromatic heterocycles. The molecule has 2 aromatic rings. The second kappa shape index (κ2) is 8.89. The molecule has 0 atom stereocenters. The molecule has 0 aliphatic carbocycles. The second-order valence-corrected chi connectivity index (χ2v) is 5.95. The van der Waals surface area contributed by atoms with Crippen LogP contribution in [0.2, 0.25) is 0 Å². The first kappa shape index (κ1) is 17.8. The molecule has 1 heterocycles. The van der Waals surface area contributed by atoms with E-state index < -0.39 is 0 Å². The topological polar surface area (TPSA) is 67.9 Å². The molecule has 1 saturated heterocycles. The van der Waals surface area contributed by atoms with Gasteiger partial charge in [-0.15, -0.1) is 0 Å². The number of hydrogen-bond donors (Lipinski definition) is 1. The Morgan fingerprint density at radius 1 is 1.04 bits per heavy atom. The Kier molecular flexibility index (Phi) is 6.09. The minimum Gasteiger partial charge on any atom is -0.492 e. The SMILES string of the molecule is O=C(COc1cccc(N2CCCC2=O)c1)NCCOc1ccccc1. The molecular weight excluding hydrogens is 332 g/mol. The van der Waals surface area contributed by atoms with Crippen molar-refractivity contribution >= 4 is 17.5 Å². The number of hydrogen-bond acceptors (Lipinski definition) is 4. The van der Waals surface area contributed by atoms with Crippen molar-refractivity contribution < 1.29 is 19.1 Å². The predicted molar refractivity (Wildman–Crippen MR) is 98.5 cm³/mol. The highest BCUT2D eigenvalue weighted by Crippen LogP contribution is 2.25. The second-order valence-electron chi connectivity index (χ2n) is 5.95. The Morgan fingerprint density at radius 2 is 1.85 bits per heavy atom. The van der Waals surface area contributed by atoms with E-state index >= 15 is 0 Å². The van der Waals surface area contributed by atoms with Crippen molar-refractivity contribution in [3.8, 4) is 11.5 Å². The third-order valence-electron chi connectivity index (χ3n) is 4.01. The summed E-state index contributed by atoms with van der Waals surface area (Å²) >= 11 is 0. The van der Waals surface area contributed by atoms with Crippen LogP contribution in [0.3, 0.4) is 0 Å². The Hall–Kier alpha value is -3.02. The third kappa shape index (κ3) is 4.99. The van der Waals surface area contributed by atoms with Crippen LogP contribution < -0.4 is 19.7 Å². The summed E-state index contributed by atoms with van der Waals surface area (Å²) in [4.78, 5) is 25.4. The molecule has 2 amide bonds. The van der Waals surface area contributed by atoms with Gasteiger partial charge in [-0.3, -0.25) is 9.59 Å². The molecule has 0 bridgehead atoms. The Balaban J connectivity index is 1.39. The largest absolute Gasteiger partial charge is 0.492 e. The van der Waals surface area contributed by atoms with Crippen LogP contribution in [-0.4, -0.2) is 38.1 Å². The average Bonchev–Trinajstić information content (AvgIpc) is 3.11. The summed E-state index contributed by atoms with van der Waals surface area (Å²) in [6.07, 6.45) is 1.45. The van der Waals surface area contributed by atoms with Gasteiger partial charge < -0.3 is 19.7 Å². The van der Waals surface area contributed by atoms with Gasteiger partial charge in [-0.1, -0.05) is 24.3 Å². The van der Waals surface area contributed by atoms with Crippen molar-refractivity contribution in [2.45, 2.75) is 12.8 Å². The molecule has 0 spiro atoms. The van der Waals surface area contributed by atoms with Gasteiger partial charge in [0.05, 0.1) is 6.54 Å². The molecule has 26 heavy (non-hydrogen) atoms. The number of benzene rings is 2. The highest BCUT2D eigenvalue weighted by molar-refractivity contribution is 5.95. The third-order valence-corrected chi connectivity index (χ3v) is 4.01. The van der Waals surface area contributed by atoms with Crippen LogP contribution in [0.4, 0.5) is 5.69 Å². The quantitative estimate of drug-likeness (QED) is 0.739. The molecule has 2 aromatic carbocycles. The van der Waals surface area contributed by atoms with Crippen molar-refractivity contribution in [2.75, 3.05) is 31.2 Å². The summed E-state index contributed by atoms with van der Waals surface area (Å²) in [7, 11) is 0. The molecule has 136 valence electrons. The average molecular weight is 354 g/mol. The fourth-order valence-corrected chi connectivity index (χ4v) is 2.74. The summed E-state index contributed by atoms with van der Waals surface area (Å²) in [5.74, 6) is 1.24. The molecular formula is C20H22N2O4. The minimum absolute atomic E-state index is 0.0806. The first-order chi connectivity index (χ1) is 12.7. The first-order valence-corrected chi connectivity index (χ1v) is 8.70. The van der Waals surface area contributed by atoms with Crippen LogP contribution in [0.5, 0.6) is 11.5 Å². The van der Waals surface area contributed by atoms with Crippen molar-refractivity contribution in [1.82, 2.24) is 5.32 Å². The highest BCUT2D eigenvalue weighted by Gasteiger charge is 2.21. The van der Waals surface area contributed by atoms with Crippen molar-refractivity contribution in [3.05, 3.63) is 54.6 Å². The summed E-state index contributed by atoms with van der Waals surface area (Å²) in [5, 5.41) is 2.75. The van der Waals surface area contributed by atoms with E-state index in [2.05, 4.69) is 5.32 Å².